The summed E-state index contributed by atoms with van der Waals surface area (Å²) in [6, 6.07) is 11.9. The molecule has 0 aliphatic carbocycles. The standard InChI is InChI=1S/C25H24ClFN4O2S/c1-14-4-3-11-31(20(14)13-28-25-30-19-10-7-17(26)12-21(19)33-25)24(32)22-23(34-15(2)29-22)16-5-8-18(27)9-6-16/h5-10,12,14,20H,3-4,11,13H2,1-2H3,(H,28,30). The van der Waals surface area contributed by atoms with Crippen LogP contribution in [0.1, 0.15) is 35.3 Å². The predicted molar refractivity (Wildman–Crippen MR) is 133 cm³/mol. The first-order chi connectivity index (χ1) is 16.4. The highest BCUT2D eigenvalue weighted by atomic mass is 35.5. The van der Waals surface area contributed by atoms with E-state index in [1.165, 1.54) is 23.5 Å². The van der Waals surface area contributed by atoms with Gasteiger partial charge in [0.15, 0.2) is 5.58 Å². The van der Waals surface area contributed by atoms with E-state index in [1.807, 2.05) is 17.9 Å². The number of amides is 1. The van der Waals surface area contributed by atoms with Crippen LogP contribution in [0.15, 0.2) is 46.9 Å². The molecule has 2 aromatic heterocycles. The van der Waals surface area contributed by atoms with Crippen molar-refractivity contribution in [3.63, 3.8) is 0 Å². The molecule has 2 atom stereocenters. The fraction of sp³-hybridized carbons (Fsp3) is 0.320. The van der Waals surface area contributed by atoms with E-state index in [-0.39, 0.29) is 23.7 Å². The van der Waals surface area contributed by atoms with E-state index in [4.69, 9.17) is 16.0 Å². The molecule has 34 heavy (non-hydrogen) atoms. The maximum absolute atomic E-state index is 13.7. The van der Waals surface area contributed by atoms with Crippen LogP contribution in [0.3, 0.4) is 0 Å². The summed E-state index contributed by atoms with van der Waals surface area (Å²) < 4.78 is 19.2. The number of thiazole rings is 1. The lowest BCUT2D eigenvalue weighted by molar-refractivity contribution is 0.0534. The van der Waals surface area contributed by atoms with E-state index < -0.39 is 0 Å². The van der Waals surface area contributed by atoms with Crippen LogP contribution in [0.25, 0.3) is 21.5 Å². The average molecular weight is 499 g/mol. The normalized spacial score (nSPS) is 18.4. The molecule has 2 aromatic carbocycles. The first kappa shape index (κ1) is 22.8. The van der Waals surface area contributed by atoms with Crippen molar-refractivity contribution in [2.75, 3.05) is 18.4 Å². The number of halogens is 2. The molecule has 1 aliphatic rings. The topological polar surface area (TPSA) is 71.3 Å². The van der Waals surface area contributed by atoms with Crippen molar-refractivity contribution in [2.24, 2.45) is 5.92 Å². The zero-order valence-electron chi connectivity index (χ0n) is 18.8. The van der Waals surface area contributed by atoms with Gasteiger partial charge in [0.05, 0.1) is 15.9 Å². The van der Waals surface area contributed by atoms with Gasteiger partial charge in [-0.2, -0.15) is 4.98 Å². The molecule has 1 fully saturated rings. The molecular weight excluding hydrogens is 475 g/mol. The van der Waals surface area contributed by atoms with Gasteiger partial charge in [0.1, 0.15) is 17.0 Å². The molecule has 1 N–H and O–H groups in total. The lowest BCUT2D eigenvalue weighted by Crippen LogP contribution is -2.51. The number of aryl methyl sites for hydroxylation is 1. The number of nitrogens with one attached hydrogen (secondary N) is 1. The minimum absolute atomic E-state index is 0.0528. The van der Waals surface area contributed by atoms with Gasteiger partial charge in [-0.15, -0.1) is 11.3 Å². The summed E-state index contributed by atoms with van der Waals surface area (Å²) in [5.74, 6) is -0.125. The number of hydrogen-bond acceptors (Lipinski definition) is 6. The fourth-order valence-electron chi connectivity index (χ4n) is 4.48. The molecule has 2 unspecified atom stereocenters. The van der Waals surface area contributed by atoms with Gasteiger partial charge < -0.3 is 14.6 Å². The molecule has 3 heterocycles. The van der Waals surface area contributed by atoms with Gasteiger partial charge in [0.25, 0.3) is 11.9 Å². The number of fused-ring (bicyclic) bond motifs is 1. The fourth-order valence-corrected chi connectivity index (χ4v) is 5.56. The summed E-state index contributed by atoms with van der Waals surface area (Å²) in [5.41, 5.74) is 2.55. The van der Waals surface area contributed by atoms with Crippen molar-refractivity contribution in [3.8, 4) is 10.4 Å². The number of carbonyl (C=O) groups excluding carboxylic acids is 1. The predicted octanol–water partition coefficient (Wildman–Crippen LogP) is 6.41. The van der Waals surface area contributed by atoms with Gasteiger partial charge >= 0.3 is 0 Å². The Morgan fingerprint density at radius 1 is 1.26 bits per heavy atom. The largest absolute Gasteiger partial charge is 0.424 e. The van der Waals surface area contributed by atoms with Gasteiger partial charge in [-0.1, -0.05) is 30.7 Å². The summed E-state index contributed by atoms with van der Waals surface area (Å²) in [6.07, 6.45) is 1.96. The summed E-state index contributed by atoms with van der Waals surface area (Å²) >= 11 is 7.50. The van der Waals surface area contributed by atoms with Crippen LogP contribution in [0.2, 0.25) is 5.02 Å². The highest BCUT2D eigenvalue weighted by Crippen LogP contribution is 2.33. The first-order valence-corrected chi connectivity index (χ1v) is 12.4. The Morgan fingerprint density at radius 2 is 2.06 bits per heavy atom. The number of carbonyl (C=O) groups is 1. The van der Waals surface area contributed by atoms with Crippen LogP contribution in [0.4, 0.5) is 10.4 Å². The number of piperidine rings is 1. The van der Waals surface area contributed by atoms with Crippen molar-refractivity contribution in [1.82, 2.24) is 14.9 Å². The second kappa shape index (κ2) is 9.35. The molecule has 1 aliphatic heterocycles. The molecule has 0 bridgehead atoms. The zero-order chi connectivity index (χ0) is 23.8. The van der Waals surface area contributed by atoms with Crippen molar-refractivity contribution in [1.29, 1.82) is 0 Å². The molecular formula is C25H24ClFN4O2S. The van der Waals surface area contributed by atoms with Gasteiger partial charge in [-0.3, -0.25) is 4.79 Å². The van der Waals surface area contributed by atoms with E-state index in [2.05, 4.69) is 22.2 Å². The lowest BCUT2D eigenvalue weighted by atomic mass is 9.90. The molecule has 0 radical (unpaired) electrons. The molecule has 0 spiro atoms. The molecule has 1 saturated heterocycles. The molecule has 0 saturated carbocycles. The Kier molecular flexibility index (Phi) is 6.27. The molecule has 9 heteroatoms. The average Bonchev–Trinajstić information content (AvgIpc) is 3.40. The Bertz CT molecular complexity index is 1340. The monoisotopic (exact) mass is 498 g/mol. The number of nitrogens with zero attached hydrogens (tertiary/aromatic N) is 3. The van der Waals surface area contributed by atoms with Crippen LogP contribution in [-0.4, -0.2) is 39.9 Å². The number of oxazole rings is 1. The highest BCUT2D eigenvalue weighted by Gasteiger charge is 2.34. The van der Waals surface area contributed by atoms with Crippen molar-refractivity contribution >= 4 is 46.0 Å². The third-order valence-electron chi connectivity index (χ3n) is 6.23. The van der Waals surface area contributed by atoms with E-state index in [1.54, 1.807) is 24.3 Å². The van der Waals surface area contributed by atoms with Gasteiger partial charge in [0, 0.05) is 24.2 Å². The summed E-state index contributed by atoms with van der Waals surface area (Å²) in [5, 5.41) is 4.66. The quantitative estimate of drug-likeness (QED) is 0.344. The highest BCUT2D eigenvalue weighted by molar-refractivity contribution is 7.15. The van der Waals surface area contributed by atoms with Crippen molar-refractivity contribution < 1.29 is 13.6 Å². The molecule has 6 nitrogen and oxygen atoms in total. The lowest BCUT2D eigenvalue weighted by Gasteiger charge is -2.39. The van der Waals surface area contributed by atoms with Gasteiger partial charge in [-0.05, 0) is 55.5 Å². The minimum atomic E-state index is -0.310. The maximum Gasteiger partial charge on any atom is 0.295 e. The van der Waals surface area contributed by atoms with Gasteiger partial charge in [-0.25, -0.2) is 9.37 Å². The molecule has 1 amide bonds. The van der Waals surface area contributed by atoms with Crippen LogP contribution in [0.5, 0.6) is 0 Å². The Balaban J connectivity index is 1.39. The molecule has 4 aromatic rings. The van der Waals surface area contributed by atoms with Crippen molar-refractivity contribution in [3.05, 3.63) is 64.0 Å². The number of aromatic nitrogens is 2. The number of rotatable bonds is 5. The van der Waals surface area contributed by atoms with Crippen molar-refractivity contribution in [2.45, 2.75) is 32.7 Å². The van der Waals surface area contributed by atoms with E-state index in [0.717, 1.165) is 33.8 Å². The Hall–Kier alpha value is -2.97. The second-order valence-corrected chi connectivity index (χ2v) is 10.3. The van der Waals surface area contributed by atoms with E-state index >= 15 is 0 Å². The summed E-state index contributed by atoms with van der Waals surface area (Å²) in [6.45, 7) is 5.19. The zero-order valence-corrected chi connectivity index (χ0v) is 20.4. The Morgan fingerprint density at radius 3 is 2.85 bits per heavy atom. The maximum atomic E-state index is 13.7. The van der Waals surface area contributed by atoms with Crippen LogP contribution in [0, 0.1) is 18.7 Å². The summed E-state index contributed by atoms with van der Waals surface area (Å²) in [7, 11) is 0. The van der Waals surface area contributed by atoms with Gasteiger partial charge in [0.2, 0.25) is 0 Å². The van der Waals surface area contributed by atoms with Crippen LogP contribution >= 0.6 is 22.9 Å². The number of benzene rings is 2. The number of likely N-dealkylation sites (tertiary alicyclic amines) is 1. The SMILES string of the molecule is Cc1nc(C(=O)N2CCCC(C)C2CNc2nc3ccc(Cl)cc3o2)c(-c2ccc(F)cc2)s1. The van der Waals surface area contributed by atoms with E-state index in [0.29, 0.717) is 35.4 Å². The Labute approximate surface area is 205 Å². The van der Waals surface area contributed by atoms with E-state index in [9.17, 15) is 9.18 Å². The smallest absolute Gasteiger partial charge is 0.295 e. The third kappa shape index (κ3) is 4.52. The number of anilines is 1. The van der Waals surface area contributed by atoms with Crippen LogP contribution < -0.4 is 5.32 Å². The summed E-state index contributed by atoms with van der Waals surface area (Å²) in [4.78, 5) is 25.4. The second-order valence-electron chi connectivity index (χ2n) is 8.61. The third-order valence-corrected chi connectivity index (χ3v) is 7.49. The van der Waals surface area contributed by atoms with Crippen LogP contribution in [-0.2, 0) is 0 Å². The molecule has 5 rings (SSSR count). The number of hydrogen-bond donors (Lipinski definition) is 1. The first-order valence-electron chi connectivity index (χ1n) is 11.2. The minimum Gasteiger partial charge on any atom is -0.424 e. The molecule has 176 valence electrons.